The quantitative estimate of drug-likeness (QED) is 0.773. The summed E-state index contributed by atoms with van der Waals surface area (Å²) in [4.78, 5) is 4.47. The van der Waals surface area contributed by atoms with Crippen molar-refractivity contribution >= 4 is 15.9 Å². The molecule has 0 spiro atoms. The summed E-state index contributed by atoms with van der Waals surface area (Å²) in [7, 11) is 2.08. The van der Waals surface area contributed by atoms with Crippen LogP contribution in [0.15, 0.2) is 36.7 Å². The molecule has 1 aromatic heterocycles. The lowest BCUT2D eigenvalue weighted by atomic mass is 9.69. The smallest absolute Gasteiger partial charge is 0.108 e. The van der Waals surface area contributed by atoms with Crippen LogP contribution in [0.4, 0.5) is 0 Å². The van der Waals surface area contributed by atoms with Gasteiger partial charge in [0, 0.05) is 36.6 Å². The Balaban J connectivity index is 1.87. The van der Waals surface area contributed by atoms with Gasteiger partial charge in [0.25, 0.3) is 0 Å². The molecule has 0 saturated heterocycles. The molecule has 1 aliphatic rings. The zero-order valence-electron chi connectivity index (χ0n) is 12.0. The molecule has 3 rings (SSSR count). The van der Waals surface area contributed by atoms with Crippen LogP contribution in [-0.4, -0.2) is 14.9 Å². The Kier molecular flexibility index (Phi) is 3.97. The van der Waals surface area contributed by atoms with Gasteiger partial charge in [-0.25, -0.2) is 4.98 Å². The molecule has 0 bridgehead atoms. The van der Waals surface area contributed by atoms with Crippen molar-refractivity contribution in [3.05, 3.63) is 53.6 Å². The number of hydrogen-bond acceptors (Lipinski definition) is 1. The number of aryl methyl sites for hydroxylation is 3. The van der Waals surface area contributed by atoms with Crippen LogP contribution in [0.5, 0.6) is 0 Å². The van der Waals surface area contributed by atoms with Crippen LogP contribution in [0.3, 0.4) is 0 Å². The fourth-order valence-corrected chi connectivity index (χ4v) is 4.32. The number of hydrogen-bond donors (Lipinski definition) is 0. The van der Waals surface area contributed by atoms with Gasteiger partial charge in [0.1, 0.15) is 5.82 Å². The van der Waals surface area contributed by atoms with Crippen molar-refractivity contribution in [2.45, 2.75) is 37.5 Å². The van der Waals surface area contributed by atoms with E-state index in [1.165, 1.54) is 37.1 Å². The summed E-state index contributed by atoms with van der Waals surface area (Å²) in [5, 5.41) is 1.04. The zero-order valence-corrected chi connectivity index (χ0v) is 13.6. The van der Waals surface area contributed by atoms with Crippen LogP contribution in [-0.2, 0) is 25.3 Å². The number of alkyl halides is 1. The zero-order chi connectivity index (χ0) is 14.0. The van der Waals surface area contributed by atoms with Gasteiger partial charge < -0.3 is 4.57 Å². The normalized spacial score (nSPS) is 21.7. The highest BCUT2D eigenvalue weighted by Crippen LogP contribution is 2.42. The van der Waals surface area contributed by atoms with E-state index in [9.17, 15) is 0 Å². The number of fused-ring (bicyclic) bond motifs is 1. The maximum absolute atomic E-state index is 4.47. The second-order valence-corrected chi connectivity index (χ2v) is 6.44. The van der Waals surface area contributed by atoms with Crippen molar-refractivity contribution in [1.29, 1.82) is 0 Å². The number of halogens is 1. The SMILES string of the molecule is Cn1ccnc1CCC1(CBr)CCCc2ccccc21. The van der Waals surface area contributed by atoms with E-state index >= 15 is 0 Å². The molecule has 1 heterocycles. The Morgan fingerprint density at radius 2 is 2.20 bits per heavy atom. The molecule has 1 aromatic carbocycles. The third kappa shape index (κ3) is 2.44. The van der Waals surface area contributed by atoms with E-state index in [4.69, 9.17) is 0 Å². The molecule has 0 amide bonds. The van der Waals surface area contributed by atoms with E-state index in [1.807, 2.05) is 12.4 Å². The minimum atomic E-state index is 0.279. The van der Waals surface area contributed by atoms with Gasteiger partial charge in [0.15, 0.2) is 0 Å². The summed E-state index contributed by atoms with van der Waals surface area (Å²) in [5.41, 5.74) is 3.37. The van der Waals surface area contributed by atoms with E-state index in [2.05, 4.69) is 56.8 Å². The molecular formula is C17H21BrN2. The lowest BCUT2D eigenvalue weighted by Crippen LogP contribution is -2.33. The van der Waals surface area contributed by atoms with Gasteiger partial charge in [0.05, 0.1) is 0 Å². The minimum absolute atomic E-state index is 0.279. The predicted octanol–water partition coefficient (Wildman–Crippen LogP) is 4.02. The number of aromatic nitrogens is 2. The van der Waals surface area contributed by atoms with Crippen LogP contribution in [0.1, 0.15) is 36.2 Å². The maximum atomic E-state index is 4.47. The van der Waals surface area contributed by atoms with Gasteiger partial charge in [-0.3, -0.25) is 0 Å². The standard InChI is InChI=1S/C17H21BrN2/c1-20-12-11-19-16(20)8-10-17(13-18)9-4-6-14-5-2-3-7-15(14)17/h2-3,5,7,11-12H,4,6,8-10,13H2,1H3. The third-order valence-electron chi connectivity index (χ3n) is 4.69. The summed E-state index contributed by atoms with van der Waals surface area (Å²) in [6, 6.07) is 8.98. The van der Waals surface area contributed by atoms with Crippen LogP contribution in [0.25, 0.3) is 0 Å². The van der Waals surface area contributed by atoms with Crippen molar-refractivity contribution < 1.29 is 0 Å². The summed E-state index contributed by atoms with van der Waals surface area (Å²) in [6.45, 7) is 0. The molecule has 2 nitrogen and oxygen atoms in total. The van der Waals surface area contributed by atoms with Crippen LogP contribution in [0, 0.1) is 0 Å². The molecule has 2 aromatic rings. The fourth-order valence-electron chi connectivity index (χ4n) is 3.46. The summed E-state index contributed by atoms with van der Waals surface area (Å²) >= 11 is 3.79. The summed E-state index contributed by atoms with van der Waals surface area (Å²) < 4.78 is 2.14. The third-order valence-corrected chi connectivity index (χ3v) is 5.77. The molecule has 1 atom stereocenters. The molecule has 3 heteroatoms. The topological polar surface area (TPSA) is 17.8 Å². The van der Waals surface area contributed by atoms with Crippen LogP contribution >= 0.6 is 15.9 Å². The van der Waals surface area contributed by atoms with Crippen molar-refractivity contribution in [3.63, 3.8) is 0 Å². The first-order valence-corrected chi connectivity index (χ1v) is 8.48. The number of benzene rings is 1. The molecule has 0 N–H and O–H groups in total. The Labute approximate surface area is 129 Å². The molecule has 0 radical (unpaired) electrons. The first-order chi connectivity index (χ1) is 9.75. The molecule has 0 aliphatic heterocycles. The van der Waals surface area contributed by atoms with Gasteiger partial charge in [-0.2, -0.15) is 0 Å². The van der Waals surface area contributed by atoms with Crippen molar-refractivity contribution in [1.82, 2.24) is 9.55 Å². The van der Waals surface area contributed by atoms with Gasteiger partial charge in [0.2, 0.25) is 0 Å². The second kappa shape index (κ2) is 5.72. The van der Waals surface area contributed by atoms with E-state index in [0.29, 0.717) is 0 Å². The van der Waals surface area contributed by atoms with Gasteiger partial charge >= 0.3 is 0 Å². The Morgan fingerprint density at radius 3 is 2.95 bits per heavy atom. The highest BCUT2D eigenvalue weighted by molar-refractivity contribution is 9.09. The monoisotopic (exact) mass is 332 g/mol. The van der Waals surface area contributed by atoms with E-state index in [0.717, 1.165) is 11.8 Å². The van der Waals surface area contributed by atoms with Crippen LogP contribution < -0.4 is 0 Å². The van der Waals surface area contributed by atoms with Crippen molar-refractivity contribution in [2.24, 2.45) is 7.05 Å². The number of nitrogens with zero attached hydrogens (tertiary/aromatic N) is 2. The average molecular weight is 333 g/mol. The predicted molar refractivity (Wildman–Crippen MR) is 86.4 cm³/mol. The largest absolute Gasteiger partial charge is 0.338 e. The lowest BCUT2D eigenvalue weighted by Gasteiger charge is -2.38. The van der Waals surface area contributed by atoms with Crippen molar-refractivity contribution in [2.75, 3.05) is 5.33 Å². The molecule has 106 valence electrons. The van der Waals surface area contributed by atoms with Crippen LogP contribution in [0.2, 0.25) is 0 Å². The van der Waals surface area contributed by atoms with Crippen molar-refractivity contribution in [3.8, 4) is 0 Å². The Bertz CT molecular complexity index is 590. The maximum Gasteiger partial charge on any atom is 0.108 e. The van der Waals surface area contributed by atoms with Gasteiger partial charge in [-0.15, -0.1) is 0 Å². The number of imidazole rings is 1. The molecule has 1 unspecified atom stereocenters. The summed E-state index contributed by atoms with van der Waals surface area (Å²) in [6.07, 6.45) is 9.94. The van der Waals surface area contributed by atoms with E-state index < -0.39 is 0 Å². The van der Waals surface area contributed by atoms with E-state index in [-0.39, 0.29) is 5.41 Å². The molecule has 0 saturated carbocycles. The lowest BCUT2D eigenvalue weighted by molar-refractivity contribution is 0.372. The highest BCUT2D eigenvalue weighted by atomic mass is 79.9. The average Bonchev–Trinajstić information content (AvgIpc) is 2.90. The summed E-state index contributed by atoms with van der Waals surface area (Å²) in [5.74, 6) is 1.19. The molecule has 1 aliphatic carbocycles. The molecule has 0 fully saturated rings. The second-order valence-electron chi connectivity index (χ2n) is 5.88. The van der Waals surface area contributed by atoms with Gasteiger partial charge in [-0.05, 0) is 36.8 Å². The molecule has 20 heavy (non-hydrogen) atoms. The Hall–Kier alpha value is -1.09. The van der Waals surface area contributed by atoms with Gasteiger partial charge in [-0.1, -0.05) is 40.2 Å². The first-order valence-electron chi connectivity index (χ1n) is 7.36. The van der Waals surface area contributed by atoms with E-state index in [1.54, 1.807) is 5.56 Å². The number of rotatable bonds is 4. The fraction of sp³-hybridized carbons (Fsp3) is 0.471. The highest BCUT2D eigenvalue weighted by Gasteiger charge is 2.35. The minimum Gasteiger partial charge on any atom is -0.338 e. The Morgan fingerprint density at radius 1 is 1.35 bits per heavy atom. The first kappa shape index (κ1) is 13.9. The molecular weight excluding hydrogens is 312 g/mol.